The second-order valence-corrected chi connectivity index (χ2v) is 10.3. The minimum Gasteiger partial charge on any atom is -0.350 e. The first-order chi connectivity index (χ1) is 14.6. The smallest absolute Gasteiger partial charge is 0.279 e. The van der Waals surface area contributed by atoms with Crippen molar-refractivity contribution in [3.63, 3.8) is 0 Å². The molecular weight excluding hydrogens is 427 g/mol. The number of carbonyl (C=O) groups is 1. The van der Waals surface area contributed by atoms with Crippen LogP contribution in [-0.2, 0) is 4.79 Å². The molecule has 0 saturated carbocycles. The number of rotatable bonds is 3. The van der Waals surface area contributed by atoms with Crippen LogP contribution in [0.3, 0.4) is 0 Å². The molecule has 5 heteroatoms. The molecule has 2 aromatic rings. The Morgan fingerprint density at radius 3 is 2.32 bits per heavy atom. The third-order valence-electron chi connectivity index (χ3n) is 6.55. The lowest BCUT2D eigenvalue weighted by Gasteiger charge is -2.35. The van der Waals surface area contributed by atoms with Crippen LogP contribution in [-0.4, -0.2) is 5.91 Å². The molecule has 0 fully saturated rings. The molecule has 0 radical (unpaired) electrons. The zero-order chi connectivity index (χ0) is 22.5. The van der Waals surface area contributed by atoms with E-state index < -0.39 is 0 Å². The van der Waals surface area contributed by atoms with Gasteiger partial charge in [-0.2, -0.15) is 0 Å². The van der Waals surface area contributed by atoms with Crippen LogP contribution >= 0.6 is 23.2 Å². The monoisotopic (exact) mass is 454 g/mol. The number of nitrogens with zero attached hydrogens (tertiary/aromatic N) is 1. The van der Waals surface area contributed by atoms with E-state index in [0.29, 0.717) is 21.7 Å². The molecule has 0 spiro atoms. The van der Waals surface area contributed by atoms with E-state index in [1.165, 1.54) is 0 Å². The number of benzene rings is 2. The van der Waals surface area contributed by atoms with Crippen molar-refractivity contribution >= 4 is 40.5 Å². The normalized spacial score (nSPS) is 18.9. The molecule has 0 bridgehead atoms. The van der Waals surface area contributed by atoms with Gasteiger partial charge in [-0.1, -0.05) is 62.2 Å². The van der Waals surface area contributed by atoms with E-state index in [4.69, 9.17) is 23.2 Å². The van der Waals surface area contributed by atoms with Crippen LogP contribution in [0.4, 0.5) is 11.4 Å². The summed E-state index contributed by atoms with van der Waals surface area (Å²) < 4.78 is 0. The SMILES string of the molecule is Cc1c(Cl)cccc1NC1=C2C[C@@H](C(C)(C)C)CC=C2N(c2cccc(Cl)c2C)C1=O. The van der Waals surface area contributed by atoms with Gasteiger partial charge in [-0.05, 0) is 73.4 Å². The van der Waals surface area contributed by atoms with Gasteiger partial charge < -0.3 is 5.32 Å². The molecule has 1 amide bonds. The Balaban J connectivity index is 1.84. The van der Waals surface area contributed by atoms with Crippen molar-refractivity contribution in [2.75, 3.05) is 10.2 Å². The molecule has 1 aliphatic carbocycles. The third-order valence-corrected chi connectivity index (χ3v) is 7.37. The van der Waals surface area contributed by atoms with Crippen LogP contribution in [0, 0.1) is 25.2 Å². The topological polar surface area (TPSA) is 32.3 Å². The highest BCUT2D eigenvalue weighted by molar-refractivity contribution is 6.32. The summed E-state index contributed by atoms with van der Waals surface area (Å²) in [7, 11) is 0. The summed E-state index contributed by atoms with van der Waals surface area (Å²) in [6, 6.07) is 11.4. The summed E-state index contributed by atoms with van der Waals surface area (Å²) in [5.74, 6) is 0.400. The van der Waals surface area contributed by atoms with E-state index in [1.807, 2.05) is 55.1 Å². The van der Waals surface area contributed by atoms with Crippen LogP contribution in [0.25, 0.3) is 0 Å². The van der Waals surface area contributed by atoms with Gasteiger partial charge in [0.15, 0.2) is 0 Å². The summed E-state index contributed by atoms with van der Waals surface area (Å²) in [5.41, 5.74) is 6.32. The molecule has 2 aliphatic rings. The maximum absolute atomic E-state index is 13.8. The quantitative estimate of drug-likeness (QED) is 0.515. The van der Waals surface area contributed by atoms with Crippen LogP contribution in [0.15, 0.2) is 59.4 Å². The fraction of sp³-hybridized carbons (Fsp3) is 0.346. The van der Waals surface area contributed by atoms with Crippen LogP contribution in [0.5, 0.6) is 0 Å². The molecule has 0 saturated heterocycles. The molecule has 1 N–H and O–H groups in total. The fourth-order valence-corrected chi connectivity index (χ4v) is 4.71. The summed E-state index contributed by atoms with van der Waals surface area (Å²) in [6.07, 6.45) is 4.00. The minimum atomic E-state index is -0.0550. The molecule has 3 nitrogen and oxygen atoms in total. The molecule has 1 atom stereocenters. The zero-order valence-electron chi connectivity index (χ0n) is 18.6. The average molecular weight is 455 g/mol. The molecule has 0 aromatic heterocycles. The molecule has 0 unspecified atom stereocenters. The first-order valence-corrected chi connectivity index (χ1v) is 11.4. The highest BCUT2D eigenvalue weighted by Gasteiger charge is 2.41. The third kappa shape index (κ3) is 3.90. The van der Waals surface area contributed by atoms with Crippen molar-refractivity contribution < 1.29 is 4.79 Å². The van der Waals surface area contributed by atoms with Gasteiger partial charge in [0.05, 0.1) is 11.4 Å². The van der Waals surface area contributed by atoms with E-state index in [-0.39, 0.29) is 11.3 Å². The Morgan fingerprint density at radius 1 is 1.00 bits per heavy atom. The van der Waals surface area contributed by atoms with Crippen LogP contribution in [0.2, 0.25) is 10.0 Å². The Hall–Kier alpha value is -2.23. The van der Waals surface area contributed by atoms with Gasteiger partial charge in [-0.3, -0.25) is 9.69 Å². The van der Waals surface area contributed by atoms with E-state index in [9.17, 15) is 4.79 Å². The van der Waals surface area contributed by atoms with Crippen molar-refractivity contribution in [2.45, 2.75) is 47.5 Å². The van der Waals surface area contributed by atoms with Crippen molar-refractivity contribution in [3.05, 3.63) is 80.6 Å². The number of hydrogen-bond acceptors (Lipinski definition) is 2. The minimum absolute atomic E-state index is 0.0550. The van der Waals surface area contributed by atoms with E-state index in [1.54, 1.807) is 0 Å². The predicted molar refractivity (Wildman–Crippen MR) is 131 cm³/mol. The number of halogens is 2. The maximum Gasteiger partial charge on any atom is 0.279 e. The largest absolute Gasteiger partial charge is 0.350 e. The number of carbonyl (C=O) groups excluding carboxylic acids is 1. The van der Waals surface area contributed by atoms with E-state index in [0.717, 1.165) is 46.6 Å². The summed E-state index contributed by atoms with van der Waals surface area (Å²) in [6.45, 7) is 10.7. The van der Waals surface area contributed by atoms with E-state index in [2.05, 4.69) is 32.2 Å². The average Bonchev–Trinajstić information content (AvgIpc) is 2.98. The summed E-state index contributed by atoms with van der Waals surface area (Å²) >= 11 is 12.7. The lowest BCUT2D eigenvalue weighted by Crippen LogP contribution is -2.29. The van der Waals surface area contributed by atoms with Gasteiger partial charge in [0.2, 0.25) is 0 Å². The second kappa shape index (κ2) is 8.03. The predicted octanol–water partition coefficient (Wildman–Crippen LogP) is 7.66. The van der Waals surface area contributed by atoms with Crippen LogP contribution < -0.4 is 10.2 Å². The van der Waals surface area contributed by atoms with Crippen LogP contribution in [0.1, 0.15) is 44.7 Å². The van der Waals surface area contributed by atoms with E-state index >= 15 is 0 Å². The number of hydrogen-bond donors (Lipinski definition) is 1. The Labute approximate surface area is 194 Å². The Kier molecular flexibility index (Phi) is 5.70. The molecule has 1 aliphatic heterocycles. The van der Waals surface area contributed by atoms with Gasteiger partial charge in [-0.15, -0.1) is 0 Å². The van der Waals surface area contributed by atoms with Gasteiger partial charge in [0, 0.05) is 21.3 Å². The van der Waals surface area contributed by atoms with Crippen molar-refractivity contribution in [1.29, 1.82) is 0 Å². The first-order valence-electron chi connectivity index (χ1n) is 10.6. The lowest BCUT2D eigenvalue weighted by atomic mass is 9.72. The molecular formula is C26H28Cl2N2O. The van der Waals surface area contributed by atoms with Gasteiger partial charge in [0.1, 0.15) is 5.70 Å². The van der Waals surface area contributed by atoms with Crippen molar-refractivity contribution in [2.24, 2.45) is 11.3 Å². The highest BCUT2D eigenvalue weighted by atomic mass is 35.5. The number of anilines is 2. The summed E-state index contributed by atoms with van der Waals surface area (Å²) in [4.78, 5) is 15.6. The standard InChI is InChI=1S/C26H28Cl2N2O/c1-15-19(27)8-6-10-21(15)29-24-18-14-17(26(3,4)5)12-13-23(18)30(25(24)31)22-11-7-9-20(28)16(22)2/h6-11,13,17,29H,12,14H2,1-5H3/t17-/m0/s1. The molecule has 4 rings (SSSR count). The first kappa shape index (κ1) is 22.0. The van der Waals surface area contributed by atoms with Crippen molar-refractivity contribution in [1.82, 2.24) is 0 Å². The fourth-order valence-electron chi connectivity index (χ4n) is 4.36. The van der Waals surface area contributed by atoms with Crippen molar-refractivity contribution in [3.8, 4) is 0 Å². The molecule has 31 heavy (non-hydrogen) atoms. The van der Waals surface area contributed by atoms with Gasteiger partial charge in [0.25, 0.3) is 5.91 Å². The maximum atomic E-state index is 13.8. The highest BCUT2D eigenvalue weighted by Crippen LogP contribution is 2.47. The Bertz CT molecular complexity index is 1120. The number of fused-ring (bicyclic) bond motifs is 1. The molecule has 2 aromatic carbocycles. The number of allylic oxidation sites excluding steroid dienone is 2. The van der Waals surface area contributed by atoms with Gasteiger partial charge >= 0.3 is 0 Å². The lowest BCUT2D eigenvalue weighted by molar-refractivity contribution is -0.114. The zero-order valence-corrected chi connectivity index (χ0v) is 20.2. The van der Waals surface area contributed by atoms with Gasteiger partial charge in [-0.25, -0.2) is 0 Å². The number of nitrogens with one attached hydrogen (secondary N) is 1. The number of amides is 1. The Morgan fingerprint density at radius 2 is 1.65 bits per heavy atom. The summed E-state index contributed by atoms with van der Waals surface area (Å²) in [5, 5.41) is 4.77. The molecule has 1 heterocycles. The molecule has 162 valence electrons. The second-order valence-electron chi connectivity index (χ2n) is 9.51.